The van der Waals surface area contributed by atoms with Crippen LogP contribution >= 0.6 is 0 Å². The number of carbonyl (C=O) groups is 1. The first kappa shape index (κ1) is 11.5. The van der Waals surface area contributed by atoms with Crippen molar-refractivity contribution in [3.05, 3.63) is 59.8 Å². The number of rotatable bonds is 2. The van der Waals surface area contributed by atoms with Gasteiger partial charge < -0.3 is 10.1 Å². The number of carboxylic acid groups (broad SMARTS) is 1. The summed E-state index contributed by atoms with van der Waals surface area (Å²) in [5.74, 6) is -0.903. The van der Waals surface area contributed by atoms with Gasteiger partial charge in [-0.1, -0.05) is 30.3 Å². The lowest BCUT2D eigenvalue weighted by atomic mass is 10.0. The molecule has 3 heteroatoms. The Labute approximate surface area is 110 Å². The molecule has 19 heavy (non-hydrogen) atoms. The van der Waals surface area contributed by atoms with E-state index in [4.69, 9.17) is 5.11 Å². The highest BCUT2D eigenvalue weighted by atomic mass is 16.4. The van der Waals surface area contributed by atoms with E-state index >= 15 is 0 Å². The second-order valence-electron chi connectivity index (χ2n) is 4.56. The fraction of sp³-hybridized carbons (Fsp3) is 0.0625. The lowest BCUT2D eigenvalue weighted by Crippen LogP contribution is -1.94. The van der Waals surface area contributed by atoms with E-state index in [1.54, 1.807) is 12.1 Å². The van der Waals surface area contributed by atoms with Crippen LogP contribution in [0.25, 0.3) is 22.0 Å². The Balaban J connectivity index is 2.31. The number of hydrogen-bond donors (Lipinski definition) is 2. The Morgan fingerprint density at radius 2 is 1.84 bits per heavy atom. The molecule has 3 nitrogen and oxygen atoms in total. The molecule has 0 aliphatic carbocycles. The molecule has 3 rings (SSSR count). The number of aromatic nitrogens is 1. The highest BCUT2D eigenvalue weighted by molar-refractivity contribution is 6.01. The summed E-state index contributed by atoms with van der Waals surface area (Å²) in [5, 5.41) is 10.1. The van der Waals surface area contributed by atoms with Crippen molar-refractivity contribution in [2.45, 2.75) is 6.92 Å². The summed E-state index contributed by atoms with van der Waals surface area (Å²) >= 11 is 0. The van der Waals surface area contributed by atoms with Gasteiger partial charge in [0.25, 0.3) is 0 Å². The minimum atomic E-state index is -0.903. The number of nitrogens with one attached hydrogen (secondary N) is 1. The molecule has 0 unspecified atom stereocenters. The summed E-state index contributed by atoms with van der Waals surface area (Å²) in [7, 11) is 0. The molecule has 0 radical (unpaired) electrons. The van der Waals surface area contributed by atoms with Crippen molar-refractivity contribution >= 4 is 16.9 Å². The first-order valence-corrected chi connectivity index (χ1v) is 6.08. The predicted molar refractivity (Wildman–Crippen MR) is 75.4 cm³/mol. The third-order valence-corrected chi connectivity index (χ3v) is 3.30. The van der Waals surface area contributed by atoms with E-state index in [0.29, 0.717) is 5.56 Å². The normalized spacial score (nSPS) is 10.8. The SMILES string of the molecule is Cc1[nH]c2ccc(C(=O)O)cc2c1-c1ccccc1. The molecule has 0 saturated heterocycles. The quantitative estimate of drug-likeness (QED) is 0.727. The van der Waals surface area contributed by atoms with Gasteiger partial charge in [-0.05, 0) is 30.7 Å². The van der Waals surface area contributed by atoms with Gasteiger partial charge in [0.1, 0.15) is 0 Å². The van der Waals surface area contributed by atoms with E-state index in [1.807, 2.05) is 43.3 Å². The second-order valence-corrected chi connectivity index (χ2v) is 4.56. The topological polar surface area (TPSA) is 53.1 Å². The minimum Gasteiger partial charge on any atom is -0.478 e. The van der Waals surface area contributed by atoms with Crippen LogP contribution in [0.2, 0.25) is 0 Å². The van der Waals surface area contributed by atoms with Crippen molar-refractivity contribution in [3.63, 3.8) is 0 Å². The van der Waals surface area contributed by atoms with Crippen LogP contribution < -0.4 is 0 Å². The zero-order valence-corrected chi connectivity index (χ0v) is 10.5. The lowest BCUT2D eigenvalue weighted by Gasteiger charge is -2.02. The first-order chi connectivity index (χ1) is 9.16. The molecule has 0 aliphatic rings. The molecule has 94 valence electrons. The Bertz CT molecular complexity index is 757. The minimum absolute atomic E-state index is 0.309. The number of benzene rings is 2. The Morgan fingerprint density at radius 3 is 2.53 bits per heavy atom. The van der Waals surface area contributed by atoms with E-state index in [2.05, 4.69) is 4.98 Å². The fourth-order valence-electron chi connectivity index (χ4n) is 2.44. The number of fused-ring (bicyclic) bond motifs is 1. The van der Waals surface area contributed by atoms with Crippen molar-refractivity contribution in [3.8, 4) is 11.1 Å². The summed E-state index contributed by atoms with van der Waals surface area (Å²) in [6.45, 7) is 2.00. The number of hydrogen-bond acceptors (Lipinski definition) is 1. The number of carboxylic acids is 1. The summed E-state index contributed by atoms with van der Waals surface area (Å²) in [6.07, 6.45) is 0. The second kappa shape index (κ2) is 4.28. The lowest BCUT2D eigenvalue weighted by molar-refractivity contribution is 0.0697. The molecular formula is C16H13NO2. The molecule has 0 spiro atoms. The van der Waals surface area contributed by atoms with Crippen molar-refractivity contribution in [1.82, 2.24) is 4.98 Å². The van der Waals surface area contributed by atoms with Crippen LogP contribution in [0.1, 0.15) is 16.1 Å². The van der Waals surface area contributed by atoms with E-state index in [9.17, 15) is 4.79 Å². The van der Waals surface area contributed by atoms with Crippen LogP contribution in [0.5, 0.6) is 0 Å². The monoisotopic (exact) mass is 251 g/mol. The third kappa shape index (κ3) is 1.89. The number of aryl methyl sites for hydroxylation is 1. The summed E-state index contributed by atoms with van der Waals surface area (Å²) in [5.41, 5.74) is 4.47. The van der Waals surface area contributed by atoms with Gasteiger partial charge in [0, 0.05) is 22.2 Å². The molecule has 0 amide bonds. The van der Waals surface area contributed by atoms with Gasteiger partial charge in [-0.25, -0.2) is 4.79 Å². The Kier molecular flexibility index (Phi) is 2.60. The maximum Gasteiger partial charge on any atom is 0.335 e. The van der Waals surface area contributed by atoms with Crippen molar-refractivity contribution in [2.24, 2.45) is 0 Å². The van der Waals surface area contributed by atoms with E-state index < -0.39 is 5.97 Å². The average molecular weight is 251 g/mol. The van der Waals surface area contributed by atoms with Crippen LogP contribution in [0.4, 0.5) is 0 Å². The van der Waals surface area contributed by atoms with E-state index in [-0.39, 0.29) is 0 Å². The maximum atomic E-state index is 11.1. The maximum absolute atomic E-state index is 11.1. The molecule has 0 saturated carbocycles. The van der Waals surface area contributed by atoms with Crippen LogP contribution in [0.3, 0.4) is 0 Å². The third-order valence-electron chi connectivity index (χ3n) is 3.30. The Morgan fingerprint density at radius 1 is 1.11 bits per heavy atom. The van der Waals surface area contributed by atoms with Crippen molar-refractivity contribution < 1.29 is 9.90 Å². The molecule has 0 bridgehead atoms. The van der Waals surface area contributed by atoms with Gasteiger partial charge in [0.15, 0.2) is 0 Å². The molecule has 0 fully saturated rings. The molecule has 0 aliphatic heterocycles. The molecular weight excluding hydrogens is 238 g/mol. The predicted octanol–water partition coefficient (Wildman–Crippen LogP) is 3.84. The molecule has 2 N–H and O–H groups in total. The number of aromatic amines is 1. The molecule has 1 heterocycles. The van der Waals surface area contributed by atoms with Gasteiger partial charge in [-0.2, -0.15) is 0 Å². The summed E-state index contributed by atoms with van der Waals surface area (Å²) in [4.78, 5) is 14.4. The summed E-state index contributed by atoms with van der Waals surface area (Å²) < 4.78 is 0. The van der Waals surface area contributed by atoms with Gasteiger partial charge in [-0.3, -0.25) is 0 Å². The first-order valence-electron chi connectivity index (χ1n) is 6.08. The number of aromatic carboxylic acids is 1. The molecule has 2 aromatic carbocycles. The van der Waals surface area contributed by atoms with E-state index in [1.165, 1.54) is 0 Å². The highest BCUT2D eigenvalue weighted by Crippen LogP contribution is 2.32. The van der Waals surface area contributed by atoms with E-state index in [0.717, 1.165) is 27.7 Å². The van der Waals surface area contributed by atoms with Gasteiger partial charge in [0.2, 0.25) is 0 Å². The van der Waals surface area contributed by atoms with Gasteiger partial charge in [0.05, 0.1) is 5.56 Å². The fourth-order valence-corrected chi connectivity index (χ4v) is 2.44. The molecule has 3 aromatic rings. The van der Waals surface area contributed by atoms with Crippen molar-refractivity contribution in [1.29, 1.82) is 0 Å². The van der Waals surface area contributed by atoms with Crippen LogP contribution in [-0.2, 0) is 0 Å². The highest BCUT2D eigenvalue weighted by Gasteiger charge is 2.12. The zero-order valence-electron chi connectivity index (χ0n) is 10.5. The standard InChI is InChI=1S/C16H13NO2/c1-10-15(11-5-3-2-4-6-11)13-9-12(16(18)19)7-8-14(13)17-10/h2-9,17H,1H3,(H,18,19). The molecule has 0 atom stereocenters. The number of H-pyrrole nitrogens is 1. The molecule has 1 aromatic heterocycles. The van der Waals surface area contributed by atoms with Gasteiger partial charge >= 0.3 is 5.97 Å². The Hall–Kier alpha value is -2.55. The zero-order chi connectivity index (χ0) is 13.4. The average Bonchev–Trinajstić information content (AvgIpc) is 2.74. The van der Waals surface area contributed by atoms with Crippen LogP contribution in [0.15, 0.2) is 48.5 Å². The van der Waals surface area contributed by atoms with Gasteiger partial charge in [-0.15, -0.1) is 0 Å². The van der Waals surface area contributed by atoms with Crippen LogP contribution in [-0.4, -0.2) is 16.1 Å². The van der Waals surface area contributed by atoms with Crippen LogP contribution in [0, 0.1) is 6.92 Å². The summed E-state index contributed by atoms with van der Waals surface area (Å²) in [6, 6.07) is 15.2. The largest absolute Gasteiger partial charge is 0.478 e. The smallest absolute Gasteiger partial charge is 0.335 e. The van der Waals surface area contributed by atoms with Crippen molar-refractivity contribution in [2.75, 3.05) is 0 Å².